The van der Waals surface area contributed by atoms with Crippen LogP contribution >= 0.6 is 0 Å². The number of carbonyl (C=O) groups excluding carboxylic acids is 2. The van der Waals surface area contributed by atoms with Gasteiger partial charge in [-0.3, -0.25) is 9.48 Å². The van der Waals surface area contributed by atoms with E-state index in [2.05, 4.69) is 5.10 Å². The van der Waals surface area contributed by atoms with Gasteiger partial charge < -0.3 is 14.5 Å². The van der Waals surface area contributed by atoms with Gasteiger partial charge in [-0.15, -0.1) is 0 Å². The molecular weight excluding hydrogens is 353 g/mol. The third-order valence-corrected chi connectivity index (χ3v) is 3.74. The van der Waals surface area contributed by atoms with Gasteiger partial charge in [-0.2, -0.15) is 18.3 Å². The van der Waals surface area contributed by atoms with Crippen LogP contribution in [-0.4, -0.2) is 57.8 Å². The second-order valence-corrected chi connectivity index (χ2v) is 7.35. The van der Waals surface area contributed by atoms with E-state index in [-0.39, 0.29) is 25.3 Å². The van der Waals surface area contributed by atoms with Gasteiger partial charge in [0, 0.05) is 27.2 Å². The fraction of sp³-hybridized carbons (Fsp3) is 0.688. The summed E-state index contributed by atoms with van der Waals surface area (Å²) in [7, 11) is 2.72. The van der Waals surface area contributed by atoms with Crippen LogP contribution in [0.3, 0.4) is 0 Å². The Bertz CT molecular complexity index is 705. The number of carbonyl (C=O) groups is 2. The first-order valence-corrected chi connectivity index (χ1v) is 8.17. The number of hydrogen-bond donors (Lipinski definition) is 0. The molecule has 0 unspecified atom stereocenters. The number of rotatable bonds is 1. The Kier molecular flexibility index (Phi) is 5.25. The number of aryl methyl sites for hydroxylation is 1. The summed E-state index contributed by atoms with van der Waals surface area (Å²) in [6, 6.07) is 0. The van der Waals surface area contributed by atoms with E-state index in [4.69, 9.17) is 4.74 Å². The average Bonchev–Trinajstić information content (AvgIpc) is 2.70. The smallest absolute Gasteiger partial charge is 0.420 e. The Morgan fingerprint density at radius 1 is 1.15 bits per heavy atom. The molecular formula is C16H23F3N4O3. The van der Waals surface area contributed by atoms with Crippen molar-refractivity contribution in [2.24, 2.45) is 0 Å². The van der Waals surface area contributed by atoms with Gasteiger partial charge in [-0.1, -0.05) is 0 Å². The molecule has 0 aromatic carbocycles. The molecule has 0 saturated carbocycles. The molecule has 0 radical (unpaired) electrons. The lowest BCUT2D eigenvalue weighted by atomic mass is 10.1. The number of nitrogens with zero attached hydrogens (tertiary/aromatic N) is 4. The van der Waals surface area contributed by atoms with Crippen LogP contribution in [0.25, 0.3) is 0 Å². The second-order valence-electron chi connectivity index (χ2n) is 7.35. The van der Waals surface area contributed by atoms with Crippen LogP contribution in [-0.2, 0) is 24.0 Å². The quantitative estimate of drug-likeness (QED) is 0.756. The molecule has 0 atom stereocenters. The molecule has 1 aromatic heterocycles. The molecule has 26 heavy (non-hydrogen) atoms. The number of ether oxygens (including phenoxy) is 1. The lowest BCUT2D eigenvalue weighted by Crippen LogP contribution is -2.37. The van der Waals surface area contributed by atoms with Crippen LogP contribution in [0, 0.1) is 0 Å². The van der Waals surface area contributed by atoms with Crippen molar-refractivity contribution in [3.63, 3.8) is 0 Å². The van der Waals surface area contributed by atoms with Crippen LogP contribution in [0.5, 0.6) is 0 Å². The number of alkyl halides is 3. The van der Waals surface area contributed by atoms with Gasteiger partial charge in [0.05, 0.1) is 12.2 Å². The molecule has 0 spiro atoms. The van der Waals surface area contributed by atoms with Crippen molar-refractivity contribution in [1.29, 1.82) is 0 Å². The Balaban J connectivity index is 2.46. The Labute approximate surface area is 149 Å². The number of halogens is 3. The maximum Gasteiger partial charge on any atom is 0.420 e. The van der Waals surface area contributed by atoms with Gasteiger partial charge in [0.25, 0.3) is 5.91 Å². The third-order valence-electron chi connectivity index (χ3n) is 3.74. The van der Waals surface area contributed by atoms with Crippen LogP contribution in [0.15, 0.2) is 0 Å². The minimum atomic E-state index is -4.77. The maximum atomic E-state index is 13.7. The summed E-state index contributed by atoms with van der Waals surface area (Å²) in [4.78, 5) is 26.7. The molecule has 146 valence electrons. The number of fused-ring (bicyclic) bond motifs is 1. The molecule has 2 rings (SSSR count). The van der Waals surface area contributed by atoms with Gasteiger partial charge in [0.15, 0.2) is 5.69 Å². The highest BCUT2D eigenvalue weighted by Gasteiger charge is 2.43. The highest BCUT2D eigenvalue weighted by molar-refractivity contribution is 5.94. The SMILES string of the molecule is CN(C)C(=O)c1nn2c(c1C(F)(F)F)CN(C(=O)OC(C)(C)C)CCC2. The monoisotopic (exact) mass is 376 g/mol. The summed E-state index contributed by atoms with van der Waals surface area (Å²) in [5.41, 5.74) is -2.70. The number of hydrogen-bond acceptors (Lipinski definition) is 4. The molecule has 1 aliphatic heterocycles. The van der Waals surface area contributed by atoms with E-state index >= 15 is 0 Å². The Hall–Kier alpha value is -2.26. The summed E-state index contributed by atoms with van der Waals surface area (Å²) in [6.07, 6.45) is -5.06. The molecule has 2 amide bonds. The van der Waals surface area contributed by atoms with E-state index in [1.807, 2.05) is 0 Å². The molecule has 0 aliphatic carbocycles. The van der Waals surface area contributed by atoms with Crippen molar-refractivity contribution < 1.29 is 27.5 Å². The first-order chi connectivity index (χ1) is 11.8. The fourth-order valence-corrected chi connectivity index (χ4v) is 2.66. The van der Waals surface area contributed by atoms with Crippen molar-refractivity contribution >= 4 is 12.0 Å². The van der Waals surface area contributed by atoms with Crippen LogP contribution in [0.2, 0.25) is 0 Å². The average molecular weight is 376 g/mol. The zero-order valence-electron chi connectivity index (χ0n) is 15.5. The minimum absolute atomic E-state index is 0.179. The normalized spacial score (nSPS) is 15.3. The number of aromatic nitrogens is 2. The summed E-state index contributed by atoms with van der Waals surface area (Å²) >= 11 is 0. The van der Waals surface area contributed by atoms with Gasteiger partial charge >= 0.3 is 12.3 Å². The summed E-state index contributed by atoms with van der Waals surface area (Å²) < 4.78 is 47.4. The van der Waals surface area contributed by atoms with Crippen molar-refractivity contribution in [3.8, 4) is 0 Å². The highest BCUT2D eigenvalue weighted by Crippen LogP contribution is 2.36. The first-order valence-electron chi connectivity index (χ1n) is 8.17. The molecule has 0 fully saturated rings. The molecule has 0 saturated heterocycles. The largest absolute Gasteiger partial charge is 0.444 e. The fourth-order valence-electron chi connectivity index (χ4n) is 2.66. The van der Waals surface area contributed by atoms with Crippen molar-refractivity contribution in [2.75, 3.05) is 20.6 Å². The maximum absolute atomic E-state index is 13.7. The van der Waals surface area contributed by atoms with E-state index in [9.17, 15) is 22.8 Å². The molecule has 1 aromatic rings. The molecule has 0 N–H and O–H groups in total. The van der Waals surface area contributed by atoms with Gasteiger partial charge in [0.1, 0.15) is 11.2 Å². The van der Waals surface area contributed by atoms with Gasteiger partial charge in [-0.05, 0) is 27.2 Å². The first kappa shape index (κ1) is 20.1. The van der Waals surface area contributed by atoms with Crippen LogP contribution < -0.4 is 0 Å². The second kappa shape index (κ2) is 6.81. The molecule has 2 heterocycles. The van der Waals surface area contributed by atoms with Gasteiger partial charge in [0.2, 0.25) is 0 Å². The summed E-state index contributed by atoms with van der Waals surface area (Å²) in [6.45, 7) is 5.15. The van der Waals surface area contributed by atoms with E-state index in [0.29, 0.717) is 6.42 Å². The predicted molar refractivity (Wildman–Crippen MR) is 86.5 cm³/mol. The third kappa shape index (κ3) is 4.28. The van der Waals surface area contributed by atoms with Gasteiger partial charge in [-0.25, -0.2) is 4.79 Å². The van der Waals surface area contributed by atoms with Crippen LogP contribution in [0.4, 0.5) is 18.0 Å². The molecule has 1 aliphatic rings. The molecule has 7 nitrogen and oxygen atoms in total. The Morgan fingerprint density at radius 3 is 2.27 bits per heavy atom. The highest BCUT2D eigenvalue weighted by atomic mass is 19.4. The topological polar surface area (TPSA) is 67.7 Å². The lowest BCUT2D eigenvalue weighted by molar-refractivity contribution is -0.138. The predicted octanol–water partition coefficient (Wildman–Crippen LogP) is 2.74. The van der Waals surface area contributed by atoms with Crippen molar-refractivity contribution in [2.45, 2.75) is 52.1 Å². The standard InChI is InChI=1S/C16H23F3N4O3/c1-15(2,3)26-14(25)22-7-6-8-23-10(9-22)11(16(17,18)19)12(20-23)13(24)21(4)5/h6-9H2,1-5H3. The number of amides is 2. The van der Waals surface area contributed by atoms with E-state index in [0.717, 1.165) is 4.90 Å². The van der Waals surface area contributed by atoms with E-state index in [1.165, 1.54) is 23.7 Å². The zero-order valence-corrected chi connectivity index (χ0v) is 15.5. The lowest BCUT2D eigenvalue weighted by Gasteiger charge is -2.26. The van der Waals surface area contributed by atoms with Crippen LogP contribution in [0.1, 0.15) is 48.9 Å². The Morgan fingerprint density at radius 2 is 1.77 bits per heavy atom. The summed E-state index contributed by atoms with van der Waals surface area (Å²) in [5, 5.41) is 3.89. The molecule has 10 heteroatoms. The van der Waals surface area contributed by atoms with E-state index in [1.54, 1.807) is 20.8 Å². The van der Waals surface area contributed by atoms with E-state index < -0.39 is 35.0 Å². The van der Waals surface area contributed by atoms with Crippen molar-refractivity contribution in [1.82, 2.24) is 19.6 Å². The summed E-state index contributed by atoms with van der Waals surface area (Å²) in [5.74, 6) is -0.832. The minimum Gasteiger partial charge on any atom is -0.444 e. The van der Waals surface area contributed by atoms with Crippen molar-refractivity contribution in [3.05, 3.63) is 17.0 Å². The molecule has 0 bridgehead atoms. The zero-order chi connectivity index (χ0) is 19.9.